The second-order valence-electron chi connectivity index (χ2n) is 7.34. The molecular formula is C23H18N4O4S2. The van der Waals surface area contributed by atoms with E-state index in [9.17, 15) is 15.2 Å². The van der Waals surface area contributed by atoms with E-state index in [-0.39, 0.29) is 17.5 Å². The van der Waals surface area contributed by atoms with E-state index in [0.717, 1.165) is 16.2 Å². The van der Waals surface area contributed by atoms with Crippen LogP contribution in [0.4, 0.5) is 10.8 Å². The molecular weight excluding hydrogens is 460 g/mol. The number of aromatic hydroxyl groups is 1. The van der Waals surface area contributed by atoms with Crippen molar-refractivity contribution in [2.45, 2.75) is 12.5 Å². The molecule has 0 amide bonds. The number of non-ortho nitro benzene ring substituents is 1. The fourth-order valence-corrected chi connectivity index (χ4v) is 5.25. The highest BCUT2D eigenvalue weighted by atomic mass is 32.1. The van der Waals surface area contributed by atoms with Crippen molar-refractivity contribution in [1.82, 2.24) is 4.98 Å². The molecule has 0 saturated heterocycles. The summed E-state index contributed by atoms with van der Waals surface area (Å²) < 4.78 is 5.16. The van der Waals surface area contributed by atoms with Crippen LogP contribution in [0.3, 0.4) is 0 Å². The minimum Gasteiger partial charge on any atom is -0.507 e. The van der Waals surface area contributed by atoms with Gasteiger partial charge in [-0.25, -0.2) is 9.99 Å². The lowest BCUT2D eigenvalue weighted by Gasteiger charge is -2.21. The SMILES string of the molecule is COc1ccc(-c2csc(N3N=C(c4cccs4)C[C@H]3c3ccc([N+](=O)[O-])cc3)n2)c(O)c1. The highest BCUT2D eigenvalue weighted by molar-refractivity contribution is 7.14. The molecule has 33 heavy (non-hydrogen) atoms. The molecule has 166 valence electrons. The molecule has 2 aromatic carbocycles. The van der Waals surface area contributed by atoms with Gasteiger partial charge in [-0.3, -0.25) is 10.1 Å². The number of thiazole rings is 1. The second-order valence-corrected chi connectivity index (χ2v) is 9.12. The molecule has 3 heterocycles. The molecule has 0 unspecified atom stereocenters. The summed E-state index contributed by atoms with van der Waals surface area (Å²) in [6, 6.07) is 15.5. The molecule has 0 saturated carbocycles. The van der Waals surface area contributed by atoms with E-state index in [2.05, 4.69) is 0 Å². The number of nitro groups is 1. The van der Waals surface area contributed by atoms with E-state index in [1.165, 1.54) is 23.5 Å². The standard InChI is InChI=1S/C23H18N4O4S2/c1-31-16-8-9-17(21(28)11-16)19-13-33-23(24-19)26-20(12-18(25-26)22-3-2-10-32-22)14-4-6-15(7-5-14)27(29)30/h2-11,13,20,28H,12H2,1H3/t20-/m0/s1. The smallest absolute Gasteiger partial charge is 0.269 e. The molecule has 0 radical (unpaired) electrons. The summed E-state index contributed by atoms with van der Waals surface area (Å²) in [5, 5.41) is 32.8. The van der Waals surface area contributed by atoms with Crippen molar-refractivity contribution in [3.05, 3.63) is 85.9 Å². The molecule has 1 atom stereocenters. The van der Waals surface area contributed by atoms with Crippen LogP contribution in [-0.4, -0.2) is 27.8 Å². The second kappa shape index (κ2) is 8.64. The summed E-state index contributed by atoms with van der Waals surface area (Å²) in [6.45, 7) is 0. The molecule has 4 aromatic rings. The molecule has 1 aliphatic rings. The van der Waals surface area contributed by atoms with Gasteiger partial charge >= 0.3 is 0 Å². The Morgan fingerprint density at radius 2 is 2.00 bits per heavy atom. The maximum atomic E-state index is 11.1. The van der Waals surface area contributed by atoms with Gasteiger partial charge in [0.25, 0.3) is 5.69 Å². The van der Waals surface area contributed by atoms with Crippen molar-refractivity contribution in [2.24, 2.45) is 5.10 Å². The first-order valence-electron chi connectivity index (χ1n) is 10.0. The quantitative estimate of drug-likeness (QED) is 0.276. The van der Waals surface area contributed by atoms with Gasteiger partial charge in [0, 0.05) is 35.6 Å². The molecule has 8 nitrogen and oxygen atoms in total. The number of nitrogens with zero attached hydrogens (tertiary/aromatic N) is 4. The number of hydrogen-bond acceptors (Lipinski definition) is 9. The van der Waals surface area contributed by atoms with Crippen LogP contribution in [0.25, 0.3) is 11.3 Å². The Bertz CT molecular complexity index is 1330. The van der Waals surface area contributed by atoms with Gasteiger partial charge in [-0.1, -0.05) is 18.2 Å². The fourth-order valence-electron chi connectivity index (χ4n) is 3.70. The van der Waals surface area contributed by atoms with Crippen LogP contribution in [0, 0.1) is 10.1 Å². The lowest BCUT2D eigenvalue weighted by molar-refractivity contribution is -0.384. The number of ether oxygens (including phenoxy) is 1. The molecule has 1 N–H and O–H groups in total. The lowest BCUT2D eigenvalue weighted by atomic mass is 10.0. The largest absolute Gasteiger partial charge is 0.507 e. The normalized spacial score (nSPS) is 15.5. The van der Waals surface area contributed by atoms with Crippen molar-refractivity contribution in [3.8, 4) is 22.8 Å². The summed E-state index contributed by atoms with van der Waals surface area (Å²) in [5.74, 6) is 0.650. The van der Waals surface area contributed by atoms with Gasteiger partial charge in [-0.05, 0) is 29.1 Å². The van der Waals surface area contributed by atoms with Crippen molar-refractivity contribution in [2.75, 3.05) is 12.1 Å². The summed E-state index contributed by atoms with van der Waals surface area (Å²) >= 11 is 3.05. The number of methoxy groups -OCH3 is 1. The maximum absolute atomic E-state index is 11.1. The molecule has 10 heteroatoms. The van der Waals surface area contributed by atoms with Gasteiger partial charge in [0.05, 0.1) is 34.4 Å². The number of hydrazone groups is 1. The molecule has 5 rings (SSSR count). The van der Waals surface area contributed by atoms with Crippen LogP contribution < -0.4 is 9.75 Å². The predicted octanol–water partition coefficient (Wildman–Crippen LogP) is 5.85. The highest BCUT2D eigenvalue weighted by Gasteiger charge is 2.32. The fraction of sp³-hybridized carbons (Fsp3) is 0.130. The zero-order valence-electron chi connectivity index (χ0n) is 17.4. The van der Waals surface area contributed by atoms with Crippen LogP contribution >= 0.6 is 22.7 Å². The van der Waals surface area contributed by atoms with E-state index in [0.29, 0.717) is 28.6 Å². The monoisotopic (exact) mass is 478 g/mol. The summed E-state index contributed by atoms with van der Waals surface area (Å²) in [7, 11) is 1.55. The summed E-state index contributed by atoms with van der Waals surface area (Å²) in [4.78, 5) is 16.5. The third-order valence-corrected chi connectivity index (χ3v) is 7.12. The third kappa shape index (κ3) is 4.06. The molecule has 0 aliphatic carbocycles. The number of thiophene rings is 1. The summed E-state index contributed by atoms with van der Waals surface area (Å²) in [5.41, 5.74) is 3.15. The van der Waals surface area contributed by atoms with Crippen LogP contribution in [0.15, 0.2) is 70.5 Å². The molecule has 0 fully saturated rings. The molecule has 0 spiro atoms. The lowest BCUT2D eigenvalue weighted by Crippen LogP contribution is -2.18. The van der Waals surface area contributed by atoms with Crippen LogP contribution in [0.2, 0.25) is 0 Å². The van der Waals surface area contributed by atoms with E-state index < -0.39 is 4.92 Å². The first kappa shape index (κ1) is 21.1. The minimum atomic E-state index is -0.405. The third-order valence-electron chi connectivity index (χ3n) is 5.37. The first-order valence-corrected chi connectivity index (χ1v) is 11.8. The van der Waals surface area contributed by atoms with E-state index in [4.69, 9.17) is 14.8 Å². The zero-order valence-corrected chi connectivity index (χ0v) is 19.0. The van der Waals surface area contributed by atoms with Gasteiger partial charge < -0.3 is 9.84 Å². The van der Waals surface area contributed by atoms with Crippen LogP contribution in [0.5, 0.6) is 11.5 Å². The van der Waals surface area contributed by atoms with Crippen molar-refractivity contribution in [3.63, 3.8) is 0 Å². The van der Waals surface area contributed by atoms with Gasteiger partial charge in [-0.2, -0.15) is 5.10 Å². The Kier molecular flexibility index (Phi) is 5.53. The molecule has 1 aliphatic heterocycles. The average molecular weight is 479 g/mol. The Labute approximate surface area is 197 Å². The Morgan fingerprint density at radius 1 is 1.18 bits per heavy atom. The topological polar surface area (TPSA) is 101 Å². The Balaban J connectivity index is 1.51. The van der Waals surface area contributed by atoms with E-state index in [1.54, 1.807) is 48.8 Å². The summed E-state index contributed by atoms with van der Waals surface area (Å²) in [6.07, 6.45) is 0.654. The van der Waals surface area contributed by atoms with E-state index >= 15 is 0 Å². The number of rotatable bonds is 6. The number of hydrogen-bond donors (Lipinski definition) is 1. The number of anilines is 1. The van der Waals surface area contributed by atoms with Crippen molar-refractivity contribution < 1.29 is 14.8 Å². The number of benzene rings is 2. The number of nitro benzene ring substituents is 1. The first-order chi connectivity index (χ1) is 16.0. The van der Waals surface area contributed by atoms with E-state index in [1.807, 2.05) is 27.9 Å². The van der Waals surface area contributed by atoms with Gasteiger partial charge in [0.1, 0.15) is 11.5 Å². The number of phenolic OH excluding ortho intramolecular Hbond substituents is 1. The zero-order chi connectivity index (χ0) is 22.9. The van der Waals surface area contributed by atoms with Crippen molar-refractivity contribution in [1.29, 1.82) is 0 Å². The number of aromatic nitrogens is 1. The van der Waals surface area contributed by atoms with Gasteiger partial charge in [-0.15, -0.1) is 22.7 Å². The van der Waals surface area contributed by atoms with Crippen molar-refractivity contribution >= 4 is 39.2 Å². The maximum Gasteiger partial charge on any atom is 0.269 e. The molecule has 0 bridgehead atoms. The predicted molar refractivity (Wildman–Crippen MR) is 130 cm³/mol. The average Bonchev–Trinajstić information content (AvgIpc) is 3.59. The van der Waals surface area contributed by atoms with Gasteiger partial charge in [0.2, 0.25) is 5.13 Å². The Morgan fingerprint density at radius 3 is 2.67 bits per heavy atom. The number of phenols is 1. The van der Waals surface area contributed by atoms with Gasteiger partial charge in [0.15, 0.2) is 0 Å². The Hall–Kier alpha value is -3.76. The van der Waals surface area contributed by atoms with Crippen LogP contribution in [0.1, 0.15) is 22.9 Å². The minimum absolute atomic E-state index is 0.0502. The molecule has 2 aromatic heterocycles. The highest BCUT2D eigenvalue weighted by Crippen LogP contribution is 2.41. The van der Waals surface area contributed by atoms with Crippen LogP contribution in [-0.2, 0) is 0 Å².